The molecule has 0 radical (unpaired) electrons. The zero-order valence-electron chi connectivity index (χ0n) is 14.4. The average Bonchev–Trinajstić information content (AvgIpc) is 3.15. The minimum absolute atomic E-state index is 0.0273. The van der Waals surface area contributed by atoms with Gasteiger partial charge in [-0.25, -0.2) is 4.79 Å². The lowest BCUT2D eigenvalue weighted by Gasteiger charge is -2.35. The number of fused-ring (bicyclic) bond motifs is 2. The van der Waals surface area contributed by atoms with Gasteiger partial charge in [-0.2, -0.15) is 0 Å². The summed E-state index contributed by atoms with van der Waals surface area (Å²) in [6.07, 6.45) is 4.36. The quantitative estimate of drug-likeness (QED) is 0.877. The number of hydrogen-bond donors (Lipinski definition) is 2. The number of likely N-dealkylation sites (tertiary alicyclic amines) is 1. The molecule has 3 atom stereocenters. The zero-order valence-corrected chi connectivity index (χ0v) is 14.4. The molecule has 4 rings (SSSR count). The summed E-state index contributed by atoms with van der Waals surface area (Å²) in [5.74, 6) is 0.512. The Bertz CT molecular complexity index is 613. The Labute approximate surface area is 143 Å². The minimum atomic E-state index is -0.214. The van der Waals surface area contributed by atoms with Crippen molar-refractivity contribution < 1.29 is 9.90 Å². The first-order chi connectivity index (χ1) is 11.6. The average molecular weight is 329 g/mol. The normalized spacial score (nSPS) is 29.2. The number of hydrogen-bond acceptors (Lipinski definition) is 3. The van der Waals surface area contributed by atoms with Gasteiger partial charge in [0, 0.05) is 49.4 Å². The van der Waals surface area contributed by atoms with Crippen LogP contribution >= 0.6 is 0 Å². The molecular formula is C19H27N3O2. The number of carbonyl (C=O) groups excluding carboxylic acids is 1. The number of aliphatic hydroxyl groups excluding tert-OH is 1. The second kappa shape index (κ2) is 6.28. The van der Waals surface area contributed by atoms with Crippen LogP contribution in [0.5, 0.6) is 0 Å². The molecule has 0 spiro atoms. The maximum atomic E-state index is 12.7. The minimum Gasteiger partial charge on any atom is -0.392 e. The van der Waals surface area contributed by atoms with E-state index in [9.17, 15) is 9.90 Å². The van der Waals surface area contributed by atoms with Crippen molar-refractivity contribution in [2.45, 2.75) is 38.7 Å². The van der Waals surface area contributed by atoms with Crippen LogP contribution < -0.4 is 10.2 Å². The lowest BCUT2D eigenvalue weighted by atomic mass is 9.95. The Balaban J connectivity index is 1.47. The van der Waals surface area contributed by atoms with Gasteiger partial charge >= 0.3 is 6.03 Å². The van der Waals surface area contributed by atoms with E-state index in [4.69, 9.17) is 0 Å². The molecule has 24 heavy (non-hydrogen) atoms. The van der Waals surface area contributed by atoms with E-state index < -0.39 is 0 Å². The van der Waals surface area contributed by atoms with Gasteiger partial charge in [0.2, 0.25) is 0 Å². The second-order valence-corrected chi connectivity index (χ2v) is 7.57. The number of amides is 2. The Morgan fingerprint density at radius 1 is 1.17 bits per heavy atom. The van der Waals surface area contributed by atoms with Crippen LogP contribution in [0.2, 0.25) is 0 Å². The highest BCUT2D eigenvalue weighted by Crippen LogP contribution is 2.37. The van der Waals surface area contributed by atoms with Crippen molar-refractivity contribution in [2.75, 3.05) is 36.4 Å². The topological polar surface area (TPSA) is 55.8 Å². The smallest absolute Gasteiger partial charge is 0.321 e. The number of piperidine rings is 1. The van der Waals surface area contributed by atoms with Gasteiger partial charge < -0.3 is 20.2 Å². The largest absolute Gasteiger partial charge is 0.392 e. The second-order valence-electron chi connectivity index (χ2n) is 7.57. The monoisotopic (exact) mass is 329 g/mol. The molecule has 2 N–H and O–H groups in total. The molecule has 5 nitrogen and oxygen atoms in total. The molecule has 2 bridgehead atoms. The van der Waals surface area contributed by atoms with E-state index in [1.807, 2.05) is 17.0 Å². The van der Waals surface area contributed by atoms with Crippen molar-refractivity contribution in [3.8, 4) is 0 Å². The molecule has 3 aliphatic rings. The summed E-state index contributed by atoms with van der Waals surface area (Å²) < 4.78 is 0. The highest BCUT2D eigenvalue weighted by Gasteiger charge is 2.42. The van der Waals surface area contributed by atoms with Crippen molar-refractivity contribution in [2.24, 2.45) is 11.8 Å². The summed E-state index contributed by atoms with van der Waals surface area (Å²) in [6.45, 7) is 5.65. The number of carbonyl (C=O) groups is 1. The van der Waals surface area contributed by atoms with Crippen LogP contribution in [-0.4, -0.2) is 48.3 Å². The molecular weight excluding hydrogens is 302 g/mol. The fraction of sp³-hybridized carbons (Fsp3) is 0.632. The van der Waals surface area contributed by atoms with Gasteiger partial charge in [-0.1, -0.05) is 6.07 Å². The van der Waals surface area contributed by atoms with Gasteiger partial charge in [0.05, 0.1) is 6.10 Å². The molecule has 130 valence electrons. The van der Waals surface area contributed by atoms with E-state index in [0.29, 0.717) is 13.1 Å². The summed E-state index contributed by atoms with van der Waals surface area (Å²) in [7, 11) is 0. The highest BCUT2D eigenvalue weighted by atomic mass is 16.3. The fourth-order valence-corrected chi connectivity index (χ4v) is 4.61. The Morgan fingerprint density at radius 3 is 2.50 bits per heavy atom. The van der Waals surface area contributed by atoms with Crippen molar-refractivity contribution in [1.29, 1.82) is 0 Å². The SMILES string of the molecule is Cc1c(NC(=O)N2C[C@H]3CC[C@@H](C2)C3O)cccc1N1CCCC1. The van der Waals surface area contributed by atoms with Crippen LogP contribution in [0, 0.1) is 18.8 Å². The summed E-state index contributed by atoms with van der Waals surface area (Å²) in [5, 5.41) is 13.2. The molecule has 3 fully saturated rings. The fourth-order valence-electron chi connectivity index (χ4n) is 4.61. The van der Waals surface area contributed by atoms with Gasteiger partial charge in [-0.3, -0.25) is 0 Å². The Hall–Kier alpha value is -1.75. The third-order valence-corrected chi connectivity index (χ3v) is 6.06. The predicted octanol–water partition coefficient (Wildman–Crippen LogP) is 2.83. The number of urea groups is 1. The van der Waals surface area contributed by atoms with E-state index in [-0.39, 0.29) is 24.0 Å². The zero-order chi connectivity index (χ0) is 16.7. The molecule has 2 aliphatic heterocycles. The van der Waals surface area contributed by atoms with Crippen molar-refractivity contribution in [3.63, 3.8) is 0 Å². The predicted molar refractivity (Wildman–Crippen MR) is 95.4 cm³/mol. The van der Waals surface area contributed by atoms with Crippen molar-refractivity contribution in [1.82, 2.24) is 4.90 Å². The van der Waals surface area contributed by atoms with E-state index in [1.165, 1.54) is 18.5 Å². The molecule has 1 aromatic carbocycles. The van der Waals surface area contributed by atoms with Crippen LogP contribution in [0.1, 0.15) is 31.2 Å². The third-order valence-electron chi connectivity index (χ3n) is 6.06. The van der Waals surface area contributed by atoms with Crippen LogP contribution in [0.3, 0.4) is 0 Å². The van der Waals surface area contributed by atoms with E-state index in [0.717, 1.165) is 37.2 Å². The number of anilines is 2. The van der Waals surface area contributed by atoms with Crippen LogP contribution in [0.25, 0.3) is 0 Å². The molecule has 2 saturated heterocycles. The molecule has 0 aromatic heterocycles. The third kappa shape index (κ3) is 2.75. The summed E-state index contributed by atoms with van der Waals surface area (Å²) >= 11 is 0. The van der Waals surface area contributed by atoms with Crippen molar-refractivity contribution >= 4 is 17.4 Å². The molecule has 2 heterocycles. The van der Waals surface area contributed by atoms with Crippen LogP contribution in [0.4, 0.5) is 16.2 Å². The Morgan fingerprint density at radius 2 is 1.83 bits per heavy atom. The van der Waals surface area contributed by atoms with Gasteiger partial charge in [-0.05, 0) is 50.3 Å². The number of rotatable bonds is 2. The van der Waals surface area contributed by atoms with E-state index in [1.54, 1.807) is 0 Å². The van der Waals surface area contributed by atoms with Gasteiger partial charge in [0.25, 0.3) is 0 Å². The molecule has 1 aromatic rings. The van der Waals surface area contributed by atoms with Gasteiger partial charge in [-0.15, -0.1) is 0 Å². The van der Waals surface area contributed by atoms with Gasteiger partial charge in [0.15, 0.2) is 0 Å². The van der Waals surface area contributed by atoms with E-state index >= 15 is 0 Å². The highest BCUT2D eigenvalue weighted by molar-refractivity contribution is 5.91. The lowest BCUT2D eigenvalue weighted by Crippen LogP contribution is -2.48. The first-order valence-corrected chi connectivity index (χ1v) is 9.22. The Kier molecular flexibility index (Phi) is 4.12. The maximum absolute atomic E-state index is 12.7. The van der Waals surface area contributed by atoms with Gasteiger partial charge in [0.1, 0.15) is 0 Å². The van der Waals surface area contributed by atoms with Crippen molar-refractivity contribution in [3.05, 3.63) is 23.8 Å². The molecule has 1 unspecified atom stereocenters. The summed E-state index contributed by atoms with van der Waals surface area (Å²) in [4.78, 5) is 17.0. The lowest BCUT2D eigenvalue weighted by molar-refractivity contribution is 0.0326. The number of nitrogens with zero attached hydrogens (tertiary/aromatic N) is 2. The van der Waals surface area contributed by atoms with Crippen LogP contribution in [-0.2, 0) is 0 Å². The van der Waals surface area contributed by atoms with E-state index in [2.05, 4.69) is 23.2 Å². The molecule has 2 amide bonds. The summed E-state index contributed by atoms with van der Waals surface area (Å²) in [6, 6.07) is 6.13. The number of nitrogens with one attached hydrogen (secondary N) is 1. The first-order valence-electron chi connectivity index (χ1n) is 9.22. The molecule has 1 aliphatic carbocycles. The number of benzene rings is 1. The van der Waals surface area contributed by atoms with Crippen LogP contribution in [0.15, 0.2) is 18.2 Å². The molecule has 5 heteroatoms. The summed E-state index contributed by atoms with van der Waals surface area (Å²) in [5.41, 5.74) is 3.29. The molecule has 1 saturated carbocycles. The maximum Gasteiger partial charge on any atom is 0.321 e. The number of aliphatic hydroxyl groups is 1. The standard InChI is InChI=1S/C19H27N3O2/c1-13-16(5-4-6-17(13)21-9-2-3-10-21)20-19(24)22-11-14-7-8-15(12-22)18(14)23/h4-6,14-15,18,23H,2-3,7-12H2,1H3,(H,20,24)/t14-,15+,18?. The first kappa shape index (κ1) is 15.8.